The number of fused-ring (bicyclic) bond motifs is 1. The molecule has 0 fully saturated rings. The number of rotatable bonds is 7. The van der Waals surface area contributed by atoms with Crippen molar-refractivity contribution in [2.75, 3.05) is 23.7 Å². The molecule has 1 atom stereocenters. The lowest BCUT2D eigenvalue weighted by Gasteiger charge is -2.25. The highest BCUT2D eigenvalue weighted by molar-refractivity contribution is 5.81. The first kappa shape index (κ1) is 19.6. The zero-order valence-corrected chi connectivity index (χ0v) is 16.8. The van der Waals surface area contributed by atoms with E-state index in [0.717, 1.165) is 29.1 Å². The molecule has 154 valence electrons. The number of hydrogen-bond donors (Lipinski definition) is 3. The Labute approximate surface area is 175 Å². The summed E-state index contributed by atoms with van der Waals surface area (Å²) in [7, 11) is 0. The first-order valence-electron chi connectivity index (χ1n) is 9.97. The first-order valence-corrected chi connectivity index (χ1v) is 9.97. The topological polar surface area (TPSA) is 101 Å². The van der Waals surface area contributed by atoms with Gasteiger partial charge >= 0.3 is 0 Å². The van der Waals surface area contributed by atoms with Crippen molar-refractivity contribution >= 4 is 23.4 Å². The second-order valence-electron chi connectivity index (χ2n) is 7.12. The Hall–Kier alpha value is -3.68. The Bertz CT molecular complexity index is 1010. The van der Waals surface area contributed by atoms with Crippen molar-refractivity contribution in [1.82, 2.24) is 20.5 Å². The number of carbonyl (C=O) groups is 1. The maximum atomic E-state index is 12.4. The van der Waals surface area contributed by atoms with Gasteiger partial charge in [0.15, 0.2) is 11.9 Å². The summed E-state index contributed by atoms with van der Waals surface area (Å²) in [5, 5.41) is 17.4. The fraction of sp³-hybridized carbons (Fsp3) is 0.273. The van der Waals surface area contributed by atoms with Crippen LogP contribution in [0.1, 0.15) is 17.5 Å². The van der Waals surface area contributed by atoms with Crippen molar-refractivity contribution in [3.05, 3.63) is 65.9 Å². The molecule has 1 aliphatic heterocycles. The summed E-state index contributed by atoms with van der Waals surface area (Å²) in [4.78, 5) is 16.6. The van der Waals surface area contributed by atoms with Gasteiger partial charge in [-0.15, -0.1) is 10.2 Å². The molecule has 1 aromatic carbocycles. The normalized spacial score (nSPS) is 14.9. The summed E-state index contributed by atoms with van der Waals surface area (Å²) < 4.78 is 5.81. The van der Waals surface area contributed by atoms with Crippen molar-refractivity contribution in [3.63, 3.8) is 0 Å². The van der Waals surface area contributed by atoms with Crippen LogP contribution >= 0.6 is 0 Å². The highest BCUT2D eigenvalue weighted by Gasteiger charge is 2.25. The minimum Gasteiger partial charge on any atom is -0.480 e. The Kier molecular flexibility index (Phi) is 6.03. The van der Waals surface area contributed by atoms with Gasteiger partial charge in [0, 0.05) is 19.3 Å². The number of aromatic nitrogens is 3. The van der Waals surface area contributed by atoms with Gasteiger partial charge in [0.1, 0.15) is 17.4 Å². The second-order valence-corrected chi connectivity index (χ2v) is 7.12. The number of hydrogen-bond acceptors (Lipinski definition) is 7. The van der Waals surface area contributed by atoms with Gasteiger partial charge in [0.2, 0.25) is 0 Å². The third kappa shape index (κ3) is 5.02. The minimum atomic E-state index is -0.444. The molecular formula is C22H24N6O2. The van der Waals surface area contributed by atoms with Gasteiger partial charge < -0.3 is 20.7 Å². The molecular weight excluding hydrogens is 380 g/mol. The van der Waals surface area contributed by atoms with Gasteiger partial charge in [-0.2, -0.15) is 0 Å². The molecule has 30 heavy (non-hydrogen) atoms. The summed E-state index contributed by atoms with van der Waals surface area (Å²) in [6.45, 7) is 3.01. The maximum Gasteiger partial charge on any atom is 0.261 e. The van der Waals surface area contributed by atoms with E-state index in [1.54, 1.807) is 6.20 Å². The number of nitrogens with one attached hydrogen (secondary N) is 3. The number of anilines is 3. The molecule has 4 rings (SSSR count). The molecule has 0 unspecified atom stereocenters. The molecule has 3 aromatic rings. The SMILES string of the molecule is Cc1ccnc(Nc2ccc(NCCNC(=O)[C@@H]3CCc4ccccc4O3)nn2)c1. The summed E-state index contributed by atoms with van der Waals surface area (Å²) >= 11 is 0. The van der Waals surface area contributed by atoms with Crippen LogP contribution in [-0.4, -0.2) is 40.3 Å². The number of pyridine rings is 1. The van der Waals surface area contributed by atoms with Gasteiger partial charge in [-0.25, -0.2) is 4.98 Å². The van der Waals surface area contributed by atoms with Crippen LogP contribution in [0.15, 0.2) is 54.7 Å². The van der Waals surface area contributed by atoms with Crippen LogP contribution in [0, 0.1) is 6.92 Å². The van der Waals surface area contributed by atoms with E-state index in [4.69, 9.17) is 4.74 Å². The van der Waals surface area contributed by atoms with Gasteiger partial charge in [0.05, 0.1) is 0 Å². The van der Waals surface area contributed by atoms with Gasteiger partial charge in [-0.3, -0.25) is 4.79 Å². The van der Waals surface area contributed by atoms with Crippen LogP contribution in [0.2, 0.25) is 0 Å². The number of ether oxygens (including phenoxy) is 1. The molecule has 2 aromatic heterocycles. The molecule has 1 amide bonds. The zero-order chi connectivity index (χ0) is 20.8. The van der Waals surface area contributed by atoms with Crippen LogP contribution in [0.5, 0.6) is 5.75 Å². The predicted octanol–water partition coefficient (Wildman–Crippen LogP) is 2.85. The lowest BCUT2D eigenvalue weighted by Crippen LogP contribution is -2.42. The monoisotopic (exact) mass is 404 g/mol. The van der Waals surface area contributed by atoms with E-state index >= 15 is 0 Å². The lowest BCUT2D eigenvalue weighted by atomic mass is 10.0. The molecule has 8 heteroatoms. The smallest absolute Gasteiger partial charge is 0.261 e. The van der Waals surface area contributed by atoms with Crippen LogP contribution in [0.4, 0.5) is 17.5 Å². The van der Waals surface area contributed by atoms with Crippen LogP contribution in [-0.2, 0) is 11.2 Å². The van der Waals surface area contributed by atoms with E-state index in [-0.39, 0.29) is 5.91 Å². The molecule has 0 saturated carbocycles. The highest BCUT2D eigenvalue weighted by atomic mass is 16.5. The number of nitrogens with zero attached hydrogens (tertiary/aromatic N) is 3. The third-order valence-corrected chi connectivity index (χ3v) is 4.78. The Balaban J connectivity index is 1.20. The number of para-hydroxylation sites is 1. The predicted molar refractivity (Wildman–Crippen MR) is 115 cm³/mol. The molecule has 0 spiro atoms. The number of aryl methyl sites for hydroxylation is 2. The van der Waals surface area contributed by atoms with Gasteiger partial charge in [0.25, 0.3) is 5.91 Å². The Morgan fingerprint density at radius 1 is 1.07 bits per heavy atom. The van der Waals surface area contributed by atoms with Gasteiger partial charge in [-0.05, 0) is 61.2 Å². The maximum absolute atomic E-state index is 12.4. The van der Waals surface area contributed by atoms with Gasteiger partial charge in [-0.1, -0.05) is 18.2 Å². The first-order chi connectivity index (χ1) is 14.7. The average Bonchev–Trinajstić information content (AvgIpc) is 2.77. The van der Waals surface area contributed by atoms with E-state index in [1.807, 2.05) is 55.5 Å². The van der Waals surface area contributed by atoms with Crippen LogP contribution in [0.3, 0.4) is 0 Å². The lowest BCUT2D eigenvalue weighted by molar-refractivity contribution is -0.128. The van der Waals surface area contributed by atoms with Crippen molar-refractivity contribution in [1.29, 1.82) is 0 Å². The quantitative estimate of drug-likeness (QED) is 0.521. The van der Waals surface area contributed by atoms with E-state index in [1.165, 1.54) is 0 Å². The largest absolute Gasteiger partial charge is 0.480 e. The summed E-state index contributed by atoms with van der Waals surface area (Å²) in [6, 6.07) is 15.4. The average molecular weight is 404 g/mol. The molecule has 0 saturated heterocycles. The Morgan fingerprint density at radius 3 is 2.73 bits per heavy atom. The highest BCUT2D eigenvalue weighted by Crippen LogP contribution is 2.27. The summed E-state index contributed by atoms with van der Waals surface area (Å²) in [6.07, 6.45) is 2.83. The second kappa shape index (κ2) is 9.21. The molecule has 1 aliphatic rings. The van der Waals surface area contributed by atoms with Crippen LogP contribution < -0.4 is 20.7 Å². The van der Waals surface area contributed by atoms with Crippen molar-refractivity contribution < 1.29 is 9.53 Å². The molecule has 8 nitrogen and oxygen atoms in total. The van der Waals surface area contributed by atoms with Crippen molar-refractivity contribution in [2.24, 2.45) is 0 Å². The summed E-state index contributed by atoms with van der Waals surface area (Å²) in [5.41, 5.74) is 2.27. The Morgan fingerprint density at radius 2 is 1.90 bits per heavy atom. The molecule has 0 bridgehead atoms. The van der Waals surface area contributed by atoms with Crippen molar-refractivity contribution in [3.8, 4) is 5.75 Å². The fourth-order valence-corrected chi connectivity index (χ4v) is 3.23. The number of benzene rings is 1. The van der Waals surface area contributed by atoms with Crippen LogP contribution in [0.25, 0.3) is 0 Å². The zero-order valence-electron chi connectivity index (χ0n) is 16.8. The third-order valence-electron chi connectivity index (χ3n) is 4.78. The molecule has 3 heterocycles. The number of amides is 1. The number of carbonyl (C=O) groups excluding carboxylic acids is 1. The molecule has 0 aliphatic carbocycles. The van der Waals surface area contributed by atoms with Crippen molar-refractivity contribution in [2.45, 2.75) is 25.9 Å². The molecule has 3 N–H and O–H groups in total. The summed E-state index contributed by atoms with van der Waals surface area (Å²) in [5.74, 6) is 2.67. The van der Waals surface area contributed by atoms with E-state index in [0.29, 0.717) is 31.1 Å². The minimum absolute atomic E-state index is 0.0948. The standard InChI is InChI=1S/C22H24N6O2/c1-15-10-11-23-21(14-15)26-20-9-8-19(27-28-20)24-12-13-25-22(29)18-7-6-16-4-2-3-5-17(16)30-18/h2-5,8-11,14,18H,6-7,12-13H2,1H3,(H,24,27)(H,25,29)(H,23,26,28)/t18-/m0/s1. The fourth-order valence-electron chi connectivity index (χ4n) is 3.23. The van der Waals surface area contributed by atoms with E-state index in [2.05, 4.69) is 31.1 Å². The van der Waals surface area contributed by atoms with E-state index < -0.39 is 6.10 Å². The van der Waals surface area contributed by atoms with E-state index in [9.17, 15) is 4.79 Å². The molecule has 0 radical (unpaired) electrons.